The van der Waals surface area contributed by atoms with E-state index in [-0.39, 0.29) is 0 Å². The fraction of sp³-hybridized carbons (Fsp3) is 0.0213. The highest BCUT2D eigenvalue weighted by molar-refractivity contribution is 7.99. The van der Waals surface area contributed by atoms with Crippen LogP contribution in [0.3, 0.4) is 0 Å². The van der Waals surface area contributed by atoms with Gasteiger partial charge in [-0.25, -0.2) is 0 Å². The molecule has 3 heteroatoms. The molecule has 0 amide bonds. The molecule has 0 atom stereocenters. The fourth-order valence-corrected chi connectivity index (χ4v) is 9.13. The van der Waals surface area contributed by atoms with E-state index >= 15 is 0 Å². The van der Waals surface area contributed by atoms with E-state index in [1.54, 1.807) is 11.8 Å². The fourth-order valence-electron chi connectivity index (χ4n) is 8.14. The molecule has 0 fully saturated rings. The van der Waals surface area contributed by atoms with Crippen LogP contribution in [0.2, 0.25) is 0 Å². The van der Waals surface area contributed by atoms with Crippen LogP contribution in [0.25, 0.3) is 21.9 Å². The minimum absolute atomic E-state index is 0.490. The zero-order valence-electron chi connectivity index (χ0n) is 27.2. The molecule has 2 aliphatic rings. The SMILES string of the molecule is c1ccc(N(c2cccc3c2Oc2c(ccc4c2-c2ccccc2C4(c2ccccc2)c2ccccc2)S3)c2cccc3ccccc23)cc1. The molecular weight excluding hydrogens is 627 g/mol. The highest BCUT2D eigenvalue weighted by Crippen LogP contribution is 2.63. The van der Waals surface area contributed by atoms with Crippen molar-refractivity contribution in [1.82, 2.24) is 0 Å². The summed E-state index contributed by atoms with van der Waals surface area (Å²) in [4.78, 5) is 4.57. The van der Waals surface area contributed by atoms with Crippen LogP contribution >= 0.6 is 11.8 Å². The molecule has 8 aromatic rings. The van der Waals surface area contributed by atoms with Crippen molar-refractivity contribution in [3.8, 4) is 22.6 Å². The van der Waals surface area contributed by atoms with Gasteiger partial charge < -0.3 is 9.64 Å². The third-order valence-electron chi connectivity index (χ3n) is 10.2. The number of ether oxygens (including phenoxy) is 1. The second-order valence-electron chi connectivity index (χ2n) is 12.8. The Labute approximate surface area is 296 Å². The number of para-hydroxylation sites is 2. The smallest absolute Gasteiger partial charge is 0.165 e. The van der Waals surface area contributed by atoms with E-state index in [4.69, 9.17) is 4.74 Å². The number of hydrogen-bond acceptors (Lipinski definition) is 3. The molecule has 0 radical (unpaired) electrons. The van der Waals surface area contributed by atoms with Crippen molar-refractivity contribution in [3.05, 3.63) is 210 Å². The number of benzene rings is 8. The zero-order valence-corrected chi connectivity index (χ0v) is 28.0. The average molecular weight is 658 g/mol. The van der Waals surface area contributed by atoms with Crippen LogP contribution in [0.4, 0.5) is 17.1 Å². The summed E-state index contributed by atoms with van der Waals surface area (Å²) < 4.78 is 7.35. The minimum atomic E-state index is -0.490. The van der Waals surface area contributed by atoms with Crippen LogP contribution in [-0.4, -0.2) is 0 Å². The molecular formula is C47H31NOS. The first-order valence-electron chi connectivity index (χ1n) is 17.0. The van der Waals surface area contributed by atoms with E-state index in [0.717, 1.165) is 43.9 Å². The molecule has 0 unspecified atom stereocenters. The number of fused-ring (bicyclic) bond motifs is 7. The minimum Gasteiger partial charge on any atom is -0.452 e. The first-order valence-corrected chi connectivity index (χ1v) is 17.8. The highest BCUT2D eigenvalue weighted by Gasteiger charge is 2.48. The zero-order chi connectivity index (χ0) is 33.1. The summed E-state index contributed by atoms with van der Waals surface area (Å²) >= 11 is 1.79. The molecule has 2 nitrogen and oxygen atoms in total. The Morgan fingerprint density at radius 2 is 1.04 bits per heavy atom. The van der Waals surface area contributed by atoms with Gasteiger partial charge in [-0.1, -0.05) is 163 Å². The second kappa shape index (κ2) is 11.5. The van der Waals surface area contributed by atoms with Gasteiger partial charge in [-0.2, -0.15) is 0 Å². The third kappa shape index (κ3) is 4.24. The van der Waals surface area contributed by atoms with Crippen molar-refractivity contribution in [1.29, 1.82) is 0 Å². The van der Waals surface area contributed by atoms with Gasteiger partial charge in [-0.15, -0.1) is 0 Å². The molecule has 1 heterocycles. The Hall–Kier alpha value is -6.03. The molecule has 10 rings (SSSR count). The van der Waals surface area contributed by atoms with E-state index in [1.165, 1.54) is 38.6 Å². The topological polar surface area (TPSA) is 12.5 Å². The normalized spacial score (nSPS) is 13.4. The van der Waals surface area contributed by atoms with Crippen molar-refractivity contribution in [2.75, 3.05) is 4.90 Å². The van der Waals surface area contributed by atoms with Crippen LogP contribution in [0.1, 0.15) is 22.3 Å². The van der Waals surface area contributed by atoms with Gasteiger partial charge in [-0.05, 0) is 69.6 Å². The molecule has 0 saturated heterocycles. The molecule has 50 heavy (non-hydrogen) atoms. The Bertz CT molecular complexity index is 2500. The van der Waals surface area contributed by atoms with Gasteiger partial charge in [0.05, 0.1) is 26.6 Å². The van der Waals surface area contributed by atoms with Crippen LogP contribution in [0, 0.1) is 0 Å². The molecule has 0 saturated carbocycles. The van der Waals surface area contributed by atoms with E-state index in [1.807, 2.05) is 0 Å². The highest BCUT2D eigenvalue weighted by atomic mass is 32.2. The van der Waals surface area contributed by atoms with E-state index in [9.17, 15) is 0 Å². The van der Waals surface area contributed by atoms with Gasteiger partial charge in [0, 0.05) is 16.6 Å². The lowest BCUT2D eigenvalue weighted by atomic mass is 9.68. The van der Waals surface area contributed by atoms with Gasteiger partial charge in [0.2, 0.25) is 0 Å². The quantitative estimate of drug-likeness (QED) is 0.183. The van der Waals surface area contributed by atoms with Crippen LogP contribution in [0.15, 0.2) is 198 Å². The third-order valence-corrected chi connectivity index (χ3v) is 11.3. The summed E-state index contributed by atoms with van der Waals surface area (Å²) in [5.74, 6) is 1.78. The largest absolute Gasteiger partial charge is 0.452 e. The first-order chi connectivity index (χ1) is 24.8. The molecule has 0 aromatic heterocycles. The molecule has 1 aliphatic carbocycles. The monoisotopic (exact) mass is 657 g/mol. The molecule has 236 valence electrons. The maximum Gasteiger partial charge on any atom is 0.165 e. The lowest BCUT2D eigenvalue weighted by molar-refractivity contribution is 0.457. The van der Waals surface area contributed by atoms with Crippen molar-refractivity contribution in [2.24, 2.45) is 0 Å². The molecule has 0 bridgehead atoms. The Balaban J connectivity index is 1.22. The summed E-state index contributed by atoms with van der Waals surface area (Å²) in [5.41, 5.74) is 10.1. The van der Waals surface area contributed by atoms with Crippen molar-refractivity contribution >= 4 is 39.6 Å². The van der Waals surface area contributed by atoms with Gasteiger partial charge in [-0.3, -0.25) is 0 Å². The molecule has 1 aliphatic heterocycles. The number of anilines is 3. The van der Waals surface area contributed by atoms with Gasteiger partial charge in [0.25, 0.3) is 0 Å². The predicted octanol–water partition coefficient (Wildman–Crippen LogP) is 12.9. The molecule has 8 aromatic carbocycles. The van der Waals surface area contributed by atoms with Crippen molar-refractivity contribution < 1.29 is 4.74 Å². The van der Waals surface area contributed by atoms with Gasteiger partial charge in [0.15, 0.2) is 5.75 Å². The average Bonchev–Trinajstić information content (AvgIpc) is 3.50. The standard InChI is InChI=1S/C47H31NOS/c1-4-18-33(19-5-1)47(34-20-6-2-7-21-34)38-26-13-12-25-37(38)44-39(47)30-31-43-46(44)49-45-41(28-15-29-42(45)50-43)48(35-22-8-3-9-23-35)40-27-14-17-32-16-10-11-24-36(32)40/h1-31H. The van der Waals surface area contributed by atoms with E-state index in [0.29, 0.717) is 0 Å². The lowest BCUT2D eigenvalue weighted by Gasteiger charge is -2.34. The van der Waals surface area contributed by atoms with Crippen LogP contribution < -0.4 is 9.64 Å². The summed E-state index contributed by atoms with van der Waals surface area (Å²) in [6.07, 6.45) is 0. The Morgan fingerprint density at radius 1 is 0.440 bits per heavy atom. The summed E-state index contributed by atoms with van der Waals surface area (Å²) in [7, 11) is 0. The van der Waals surface area contributed by atoms with Crippen molar-refractivity contribution in [2.45, 2.75) is 15.2 Å². The van der Waals surface area contributed by atoms with E-state index < -0.39 is 5.41 Å². The summed E-state index contributed by atoms with van der Waals surface area (Å²) in [6, 6.07) is 67.6. The van der Waals surface area contributed by atoms with Gasteiger partial charge in [0.1, 0.15) is 5.75 Å². The number of hydrogen-bond donors (Lipinski definition) is 0. The van der Waals surface area contributed by atoms with Gasteiger partial charge >= 0.3 is 0 Å². The Morgan fingerprint density at radius 3 is 1.82 bits per heavy atom. The van der Waals surface area contributed by atoms with Crippen LogP contribution in [-0.2, 0) is 5.41 Å². The van der Waals surface area contributed by atoms with Crippen LogP contribution in [0.5, 0.6) is 11.5 Å². The van der Waals surface area contributed by atoms with Crippen molar-refractivity contribution in [3.63, 3.8) is 0 Å². The molecule has 0 N–H and O–H groups in total. The first kappa shape index (κ1) is 28.9. The maximum atomic E-state index is 7.35. The maximum absolute atomic E-state index is 7.35. The summed E-state index contributed by atoms with van der Waals surface area (Å²) in [6.45, 7) is 0. The van der Waals surface area contributed by atoms with E-state index in [2.05, 4.69) is 193 Å². The summed E-state index contributed by atoms with van der Waals surface area (Å²) in [5, 5.41) is 2.38. The second-order valence-corrected chi connectivity index (χ2v) is 13.9. The number of nitrogens with zero attached hydrogens (tertiary/aromatic N) is 1. The number of rotatable bonds is 5. The Kier molecular flexibility index (Phi) is 6.68. The lowest BCUT2D eigenvalue weighted by Crippen LogP contribution is -2.28. The molecule has 0 spiro atoms. The predicted molar refractivity (Wildman–Crippen MR) is 207 cm³/mol.